The minimum atomic E-state index is 0.267. The molecule has 3 rings (SSSR count). The maximum Gasteiger partial charge on any atom is 0.199 e. The summed E-state index contributed by atoms with van der Waals surface area (Å²) in [6, 6.07) is 8.14. The van der Waals surface area contributed by atoms with Crippen molar-refractivity contribution in [2.75, 3.05) is 10.6 Å². The van der Waals surface area contributed by atoms with Crippen LogP contribution in [0.5, 0.6) is 0 Å². The zero-order chi connectivity index (χ0) is 14.8. The lowest BCUT2D eigenvalue weighted by Gasteiger charge is -2.28. The normalized spacial score (nSPS) is 11.2. The maximum atomic E-state index is 5.85. The molecule has 0 atom stereocenters. The molecular formula is C14H17N7. The summed E-state index contributed by atoms with van der Waals surface area (Å²) < 4.78 is 1.69. The molecule has 0 aliphatic carbocycles. The minimum Gasteiger partial charge on any atom is -0.399 e. The number of nitrogens with two attached hydrogens (primary N) is 1. The second kappa shape index (κ2) is 5.35. The van der Waals surface area contributed by atoms with Gasteiger partial charge in [-0.1, -0.05) is 12.1 Å². The summed E-state index contributed by atoms with van der Waals surface area (Å²) in [5.41, 5.74) is 8.38. The highest BCUT2D eigenvalue weighted by atomic mass is 15.5. The number of hydrogen-bond acceptors (Lipinski definition) is 6. The average molecular weight is 283 g/mol. The van der Waals surface area contributed by atoms with Gasteiger partial charge in [0.25, 0.3) is 0 Å². The molecule has 0 saturated heterocycles. The Kier molecular flexibility index (Phi) is 3.39. The number of fused-ring (bicyclic) bond motifs is 1. The number of nitrogens with zero attached hydrogens (tertiary/aromatic N) is 6. The van der Waals surface area contributed by atoms with Gasteiger partial charge in [0, 0.05) is 18.3 Å². The molecule has 0 amide bonds. The van der Waals surface area contributed by atoms with Crippen molar-refractivity contribution in [3.05, 3.63) is 42.2 Å². The Morgan fingerprint density at radius 2 is 2.14 bits per heavy atom. The van der Waals surface area contributed by atoms with Gasteiger partial charge in [0.1, 0.15) is 0 Å². The van der Waals surface area contributed by atoms with Crippen LogP contribution in [0.1, 0.15) is 19.4 Å². The van der Waals surface area contributed by atoms with E-state index in [-0.39, 0.29) is 6.04 Å². The number of benzene rings is 1. The second-order valence-corrected chi connectivity index (χ2v) is 5.18. The number of hydrogen-bond donors (Lipinski definition) is 1. The molecule has 0 unspecified atom stereocenters. The molecule has 1 aromatic carbocycles. The van der Waals surface area contributed by atoms with Gasteiger partial charge in [0.2, 0.25) is 0 Å². The maximum absolute atomic E-state index is 5.85. The van der Waals surface area contributed by atoms with Gasteiger partial charge in [-0.3, -0.25) is 4.98 Å². The molecule has 2 aromatic heterocycles. The van der Waals surface area contributed by atoms with E-state index in [2.05, 4.69) is 45.3 Å². The first kappa shape index (κ1) is 13.3. The van der Waals surface area contributed by atoms with Crippen LogP contribution in [-0.4, -0.2) is 31.1 Å². The molecule has 3 aromatic rings. The predicted molar refractivity (Wildman–Crippen MR) is 80.8 cm³/mol. The van der Waals surface area contributed by atoms with Crippen LogP contribution in [0.25, 0.3) is 5.65 Å². The molecule has 0 fully saturated rings. The van der Waals surface area contributed by atoms with Crippen molar-refractivity contribution in [1.82, 2.24) is 25.0 Å². The summed E-state index contributed by atoms with van der Waals surface area (Å²) in [5.74, 6) is 0.856. The number of tetrazole rings is 1. The van der Waals surface area contributed by atoms with Gasteiger partial charge in [-0.05, 0) is 42.0 Å². The molecule has 2 N–H and O–H groups in total. The highest BCUT2D eigenvalue weighted by molar-refractivity contribution is 5.48. The smallest absolute Gasteiger partial charge is 0.199 e. The van der Waals surface area contributed by atoms with Gasteiger partial charge in [0.05, 0.1) is 12.4 Å². The van der Waals surface area contributed by atoms with Crippen LogP contribution >= 0.6 is 0 Å². The molecule has 2 heterocycles. The quantitative estimate of drug-likeness (QED) is 0.731. The Balaban J connectivity index is 2.00. The Bertz CT molecular complexity index is 750. The molecule has 0 aliphatic rings. The third-order valence-electron chi connectivity index (χ3n) is 3.31. The molecular weight excluding hydrogens is 266 g/mol. The van der Waals surface area contributed by atoms with Crippen molar-refractivity contribution < 1.29 is 0 Å². The zero-order valence-corrected chi connectivity index (χ0v) is 12.0. The Morgan fingerprint density at radius 3 is 2.90 bits per heavy atom. The van der Waals surface area contributed by atoms with Gasteiger partial charge in [0.15, 0.2) is 11.5 Å². The molecule has 7 nitrogen and oxygen atoms in total. The molecule has 21 heavy (non-hydrogen) atoms. The van der Waals surface area contributed by atoms with E-state index in [0.717, 1.165) is 17.1 Å². The third kappa shape index (κ3) is 2.62. The summed E-state index contributed by atoms with van der Waals surface area (Å²) in [6.45, 7) is 4.95. The SMILES string of the molecule is CC(C)N(Cc1cccc(N)c1)c1cncc2nnnn12. The van der Waals surface area contributed by atoms with E-state index in [9.17, 15) is 0 Å². The molecule has 108 valence electrons. The van der Waals surface area contributed by atoms with Gasteiger partial charge >= 0.3 is 0 Å². The van der Waals surface area contributed by atoms with Crippen LogP contribution in [0.15, 0.2) is 36.7 Å². The Hall–Kier alpha value is -2.70. The van der Waals surface area contributed by atoms with Crippen LogP contribution in [0.2, 0.25) is 0 Å². The average Bonchev–Trinajstić information content (AvgIpc) is 2.93. The molecule has 7 heteroatoms. The second-order valence-electron chi connectivity index (χ2n) is 5.18. The lowest BCUT2D eigenvalue weighted by molar-refractivity contribution is 0.652. The van der Waals surface area contributed by atoms with Crippen molar-refractivity contribution in [3.8, 4) is 0 Å². The number of rotatable bonds is 4. The van der Waals surface area contributed by atoms with Crippen molar-refractivity contribution in [1.29, 1.82) is 0 Å². The van der Waals surface area contributed by atoms with E-state index >= 15 is 0 Å². The van der Waals surface area contributed by atoms with Gasteiger partial charge in [-0.15, -0.1) is 5.10 Å². The number of aromatic nitrogens is 5. The zero-order valence-electron chi connectivity index (χ0n) is 12.0. The lowest BCUT2D eigenvalue weighted by Crippen LogP contribution is -2.32. The molecule has 0 radical (unpaired) electrons. The van der Waals surface area contributed by atoms with Gasteiger partial charge in [-0.25, -0.2) is 0 Å². The van der Waals surface area contributed by atoms with Crippen LogP contribution in [0.4, 0.5) is 11.5 Å². The topological polar surface area (TPSA) is 85.2 Å². The van der Waals surface area contributed by atoms with E-state index in [1.54, 1.807) is 16.9 Å². The van der Waals surface area contributed by atoms with Gasteiger partial charge in [-0.2, -0.15) is 4.52 Å². The first-order valence-electron chi connectivity index (χ1n) is 6.78. The van der Waals surface area contributed by atoms with E-state index < -0.39 is 0 Å². The lowest BCUT2D eigenvalue weighted by atomic mass is 10.1. The summed E-state index contributed by atoms with van der Waals surface area (Å²) in [4.78, 5) is 6.40. The van der Waals surface area contributed by atoms with Crippen molar-refractivity contribution in [3.63, 3.8) is 0 Å². The molecule has 0 saturated carbocycles. The van der Waals surface area contributed by atoms with E-state index in [1.807, 2.05) is 18.2 Å². The standard InChI is InChI=1S/C14H17N7/c1-10(2)20(9-11-4-3-5-12(15)6-11)14-8-16-7-13-17-18-19-21(13)14/h3-8,10H,9,15H2,1-2H3. The van der Waals surface area contributed by atoms with Crippen molar-refractivity contribution >= 4 is 17.2 Å². The van der Waals surface area contributed by atoms with Crippen LogP contribution in [-0.2, 0) is 6.54 Å². The Morgan fingerprint density at radius 1 is 1.29 bits per heavy atom. The highest BCUT2D eigenvalue weighted by Gasteiger charge is 2.16. The van der Waals surface area contributed by atoms with Crippen LogP contribution in [0.3, 0.4) is 0 Å². The van der Waals surface area contributed by atoms with E-state index in [4.69, 9.17) is 5.73 Å². The van der Waals surface area contributed by atoms with Crippen molar-refractivity contribution in [2.45, 2.75) is 26.4 Å². The summed E-state index contributed by atoms with van der Waals surface area (Å²) in [7, 11) is 0. The first-order valence-corrected chi connectivity index (χ1v) is 6.78. The summed E-state index contributed by atoms with van der Waals surface area (Å²) >= 11 is 0. The van der Waals surface area contributed by atoms with E-state index in [0.29, 0.717) is 12.2 Å². The fraction of sp³-hybridized carbons (Fsp3) is 0.286. The largest absolute Gasteiger partial charge is 0.399 e. The Labute approximate surface area is 122 Å². The molecule has 0 aliphatic heterocycles. The van der Waals surface area contributed by atoms with Crippen molar-refractivity contribution in [2.24, 2.45) is 0 Å². The molecule has 0 spiro atoms. The number of nitrogen functional groups attached to an aromatic ring is 1. The molecule has 0 bridgehead atoms. The van der Waals surface area contributed by atoms with E-state index in [1.165, 1.54) is 0 Å². The van der Waals surface area contributed by atoms with Gasteiger partial charge < -0.3 is 10.6 Å². The fourth-order valence-electron chi connectivity index (χ4n) is 2.28. The van der Waals surface area contributed by atoms with Crippen LogP contribution < -0.4 is 10.6 Å². The highest BCUT2D eigenvalue weighted by Crippen LogP contribution is 2.20. The first-order chi connectivity index (χ1) is 10.1. The fourth-order valence-corrected chi connectivity index (χ4v) is 2.28. The number of anilines is 2. The van der Waals surface area contributed by atoms with Crippen LogP contribution in [0, 0.1) is 0 Å². The minimum absolute atomic E-state index is 0.267. The summed E-state index contributed by atoms with van der Waals surface area (Å²) in [5, 5.41) is 11.7. The monoisotopic (exact) mass is 283 g/mol. The third-order valence-corrected chi connectivity index (χ3v) is 3.31. The summed E-state index contributed by atoms with van der Waals surface area (Å²) in [6.07, 6.45) is 3.41. The predicted octanol–water partition coefficient (Wildman–Crippen LogP) is 1.52.